The fourth-order valence-corrected chi connectivity index (χ4v) is 1.99. The quantitative estimate of drug-likeness (QED) is 0.752. The lowest BCUT2D eigenvalue weighted by Gasteiger charge is -2.13. The third kappa shape index (κ3) is 2.39. The number of nitrogens with zero attached hydrogens (tertiary/aromatic N) is 4. The van der Waals surface area contributed by atoms with E-state index < -0.39 is 0 Å². The molecule has 0 saturated carbocycles. The van der Waals surface area contributed by atoms with Crippen LogP contribution in [0, 0.1) is 4.77 Å². The fourth-order valence-electron chi connectivity index (χ4n) is 1.82. The number of hydrogen-bond acceptors (Lipinski definition) is 4. The molecule has 2 rings (SSSR count). The summed E-state index contributed by atoms with van der Waals surface area (Å²) in [6.45, 7) is 4.56. The SMILES string of the molecule is S=c1nn[nH]n1CCCN1CCCC1. The smallest absolute Gasteiger partial charge is 0.238 e. The predicted octanol–water partition coefficient (Wildman–Crippen LogP) is 0.822. The average Bonchev–Trinajstić information content (AvgIpc) is 2.78. The Kier molecular flexibility index (Phi) is 3.26. The lowest BCUT2D eigenvalue weighted by atomic mass is 10.4. The van der Waals surface area contributed by atoms with E-state index in [9.17, 15) is 0 Å². The maximum absolute atomic E-state index is 4.98. The van der Waals surface area contributed by atoms with E-state index in [1.165, 1.54) is 25.9 Å². The molecule has 2 heterocycles. The number of rotatable bonds is 4. The Bertz CT molecular complexity index is 324. The third-order valence-corrected chi connectivity index (χ3v) is 2.89. The maximum atomic E-state index is 4.98. The monoisotopic (exact) mass is 213 g/mol. The molecular weight excluding hydrogens is 198 g/mol. The van der Waals surface area contributed by atoms with Gasteiger partial charge in [-0.25, -0.2) is 4.68 Å². The molecule has 1 aromatic rings. The number of nitrogens with one attached hydrogen (secondary N) is 1. The summed E-state index contributed by atoms with van der Waals surface area (Å²) in [6, 6.07) is 0. The molecule has 0 unspecified atom stereocenters. The van der Waals surface area contributed by atoms with E-state index in [-0.39, 0.29) is 0 Å². The lowest BCUT2D eigenvalue weighted by Crippen LogP contribution is -2.21. The van der Waals surface area contributed by atoms with Gasteiger partial charge in [-0.1, -0.05) is 10.3 Å². The first kappa shape index (κ1) is 9.79. The zero-order valence-electron chi connectivity index (χ0n) is 8.15. The molecule has 0 amide bonds. The van der Waals surface area contributed by atoms with Crippen LogP contribution in [0.25, 0.3) is 0 Å². The van der Waals surface area contributed by atoms with Crippen molar-refractivity contribution in [2.75, 3.05) is 19.6 Å². The van der Waals surface area contributed by atoms with Crippen LogP contribution >= 0.6 is 12.2 Å². The van der Waals surface area contributed by atoms with E-state index in [2.05, 4.69) is 20.4 Å². The number of aromatic nitrogens is 4. The van der Waals surface area contributed by atoms with Gasteiger partial charge in [0.1, 0.15) is 0 Å². The van der Waals surface area contributed by atoms with E-state index >= 15 is 0 Å². The summed E-state index contributed by atoms with van der Waals surface area (Å²) in [5, 5.41) is 10.1. The van der Waals surface area contributed by atoms with E-state index in [0.29, 0.717) is 4.77 Å². The topological polar surface area (TPSA) is 49.7 Å². The van der Waals surface area contributed by atoms with Crippen molar-refractivity contribution in [3.05, 3.63) is 4.77 Å². The second-order valence-corrected chi connectivity index (χ2v) is 4.00. The van der Waals surface area contributed by atoms with Crippen LogP contribution in [0.2, 0.25) is 0 Å². The molecule has 6 heteroatoms. The summed E-state index contributed by atoms with van der Waals surface area (Å²) >= 11 is 4.98. The van der Waals surface area contributed by atoms with Crippen molar-refractivity contribution < 1.29 is 0 Å². The number of tetrazole rings is 1. The van der Waals surface area contributed by atoms with Crippen molar-refractivity contribution >= 4 is 12.2 Å². The predicted molar refractivity (Wildman–Crippen MR) is 55.5 cm³/mol. The van der Waals surface area contributed by atoms with Crippen molar-refractivity contribution in [3.8, 4) is 0 Å². The number of aryl methyl sites for hydroxylation is 1. The second kappa shape index (κ2) is 4.65. The van der Waals surface area contributed by atoms with Gasteiger partial charge in [-0.15, -0.1) is 0 Å². The molecule has 1 aromatic heterocycles. The minimum absolute atomic E-state index is 0.548. The molecule has 0 aromatic carbocycles. The fraction of sp³-hybridized carbons (Fsp3) is 0.875. The molecule has 0 bridgehead atoms. The number of aromatic amines is 1. The molecule has 78 valence electrons. The number of likely N-dealkylation sites (tertiary alicyclic amines) is 1. The highest BCUT2D eigenvalue weighted by Gasteiger charge is 2.10. The first-order valence-electron chi connectivity index (χ1n) is 5.06. The van der Waals surface area contributed by atoms with Gasteiger partial charge in [-0.05, 0) is 51.1 Å². The van der Waals surface area contributed by atoms with Crippen LogP contribution in [0.5, 0.6) is 0 Å². The van der Waals surface area contributed by atoms with Crippen LogP contribution in [0.3, 0.4) is 0 Å². The highest BCUT2D eigenvalue weighted by atomic mass is 32.1. The Balaban J connectivity index is 1.72. The van der Waals surface area contributed by atoms with Gasteiger partial charge in [0.15, 0.2) is 0 Å². The molecule has 1 N–H and O–H groups in total. The lowest BCUT2D eigenvalue weighted by molar-refractivity contribution is 0.321. The van der Waals surface area contributed by atoms with Crippen LogP contribution in [0.15, 0.2) is 0 Å². The Morgan fingerprint density at radius 3 is 2.71 bits per heavy atom. The zero-order chi connectivity index (χ0) is 9.80. The van der Waals surface area contributed by atoms with Crippen molar-refractivity contribution in [1.29, 1.82) is 0 Å². The standard InChI is InChI=1S/C8H15N5S/c14-8-9-10-11-13(8)7-3-6-12-4-1-2-5-12/h1-7H2,(H,9,11,14). The first-order valence-corrected chi connectivity index (χ1v) is 5.47. The molecule has 1 saturated heterocycles. The van der Waals surface area contributed by atoms with Crippen molar-refractivity contribution in [3.63, 3.8) is 0 Å². The minimum atomic E-state index is 0.548. The number of H-pyrrole nitrogens is 1. The van der Waals surface area contributed by atoms with Gasteiger partial charge in [-0.3, -0.25) is 0 Å². The molecule has 0 radical (unpaired) electrons. The molecular formula is C8H15N5S. The van der Waals surface area contributed by atoms with E-state index in [1.807, 2.05) is 4.68 Å². The van der Waals surface area contributed by atoms with Gasteiger partial charge < -0.3 is 4.90 Å². The van der Waals surface area contributed by atoms with Gasteiger partial charge in [-0.2, -0.15) is 5.21 Å². The second-order valence-electron chi connectivity index (χ2n) is 3.64. The summed E-state index contributed by atoms with van der Waals surface area (Å²) in [5.41, 5.74) is 0. The van der Waals surface area contributed by atoms with Crippen LogP contribution in [-0.2, 0) is 6.54 Å². The van der Waals surface area contributed by atoms with Gasteiger partial charge in [0.25, 0.3) is 0 Å². The average molecular weight is 213 g/mol. The maximum Gasteiger partial charge on any atom is 0.238 e. The van der Waals surface area contributed by atoms with Crippen LogP contribution in [0.1, 0.15) is 19.3 Å². The number of hydrogen-bond donors (Lipinski definition) is 1. The Labute approximate surface area is 88.1 Å². The summed E-state index contributed by atoms with van der Waals surface area (Å²) in [5.74, 6) is 0. The van der Waals surface area contributed by atoms with Gasteiger partial charge >= 0.3 is 0 Å². The Hall–Kier alpha value is -0.750. The zero-order valence-corrected chi connectivity index (χ0v) is 8.96. The highest BCUT2D eigenvalue weighted by molar-refractivity contribution is 7.71. The Morgan fingerprint density at radius 1 is 1.29 bits per heavy atom. The molecule has 1 fully saturated rings. The van der Waals surface area contributed by atoms with E-state index in [4.69, 9.17) is 12.2 Å². The van der Waals surface area contributed by atoms with E-state index in [1.54, 1.807) is 0 Å². The van der Waals surface area contributed by atoms with Crippen molar-refractivity contribution in [2.45, 2.75) is 25.8 Å². The van der Waals surface area contributed by atoms with Gasteiger partial charge in [0, 0.05) is 6.54 Å². The summed E-state index contributed by atoms with van der Waals surface area (Å²) in [6.07, 6.45) is 3.81. The third-order valence-electron chi connectivity index (χ3n) is 2.59. The van der Waals surface area contributed by atoms with Crippen LogP contribution in [-0.4, -0.2) is 44.7 Å². The summed E-state index contributed by atoms with van der Waals surface area (Å²) in [7, 11) is 0. The summed E-state index contributed by atoms with van der Waals surface area (Å²) in [4.78, 5) is 2.49. The first-order chi connectivity index (χ1) is 6.86. The van der Waals surface area contributed by atoms with Gasteiger partial charge in [0.05, 0.1) is 0 Å². The highest BCUT2D eigenvalue weighted by Crippen LogP contribution is 2.07. The molecule has 5 nitrogen and oxygen atoms in total. The molecule has 0 atom stereocenters. The normalized spacial score (nSPS) is 17.7. The molecule has 0 spiro atoms. The van der Waals surface area contributed by atoms with Crippen molar-refractivity contribution in [2.24, 2.45) is 0 Å². The molecule has 14 heavy (non-hydrogen) atoms. The molecule has 0 aliphatic carbocycles. The molecule has 1 aliphatic rings. The van der Waals surface area contributed by atoms with E-state index in [0.717, 1.165) is 19.5 Å². The Morgan fingerprint density at radius 2 is 2.07 bits per heavy atom. The van der Waals surface area contributed by atoms with Crippen LogP contribution in [0.4, 0.5) is 0 Å². The summed E-state index contributed by atoms with van der Waals surface area (Å²) < 4.78 is 2.36. The largest absolute Gasteiger partial charge is 0.303 e. The van der Waals surface area contributed by atoms with Crippen molar-refractivity contribution in [1.82, 2.24) is 25.1 Å². The van der Waals surface area contributed by atoms with Gasteiger partial charge in [0.2, 0.25) is 4.77 Å². The minimum Gasteiger partial charge on any atom is -0.303 e. The molecule has 1 aliphatic heterocycles. The van der Waals surface area contributed by atoms with Crippen LogP contribution < -0.4 is 0 Å².